The highest BCUT2D eigenvalue weighted by molar-refractivity contribution is 9.10. The van der Waals surface area contributed by atoms with Crippen LogP contribution < -0.4 is 0 Å². The number of carbonyl (C=O) groups is 1. The van der Waals surface area contributed by atoms with Crippen LogP contribution in [-0.2, 0) is 0 Å². The molecule has 110 valence electrons. The summed E-state index contributed by atoms with van der Waals surface area (Å²) in [7, 11) is 0. The molecule has 1 aliphatic heterocycles. The molecule has 0 aromatic heterocycles. The summed E-state index contributed by atoms with van der Waals surface area (Å²) in [5.41, 5.74) is 1.90. The second-order valence-electron chi connectivity index (χ2n) is 5.38. The number of likely N-dealkylation sites (tertiary alicyclic amines) is 1. The SMILES string of the molecule is CCN(CC)C1CCN(C(=O)c2ccc(Br)c(C)c2)C1. The summed E-state index contributed by atoms with van der Waals surface area (Å²) in [4.78, 5) is 17.0. The van der Waals surface area contributed by atoms with Crippen molar-refractivity contribution in [3.63, 3.8) is 0 Å². The van der Waals surface area contributed by atoms with Crippen molar-refractivity contribution in [3.05, 3.63) is 33.8 Å². The molecule has 20 heavy (non-hydrogen) atoms. The maximum absolute atomic E-state index is 12.5. The van der Waals surface area contributed by atoms with Gasteiger partial charge in [-0.15, -0.1) is 0 Å². The van der Waals surface area contributed by atoms with Crippen molar-refractivity contribution in [1.29, 1.82) is 0 Å². The molecule has 1 aliphatic rings. The normalized spacial score (nSPS) is 18.9. The molecule has 0 saturated carbocycles. The van der Waals surface area contributed by atoms with Gasteiger partial charge in [0.25, 0.3) is 5.91 Å². The van der Waals surface area contributed by atoms with E-state index in [2.05, 4.69) is 34.7 Å². The molecule has 2 rings (SSSR count). The average Bonchev–Trinajstić information content (AvgIpc) is 2.92. The highest BCUT2D eigenvalue weighted by Crippen LogP contribution is 2.21. The fourth-order valence-corrected chi connectivity index (χ4v) is 3.17. The molecule has 0 bridgehead atoms. The molecule has 4 heteroatoms. The minimum Gasteiger partial charge on any atom is -0.337 e. The molecular weight excluding hydrogens is 316 g/mol. The lowest BCUT2D eigenvalue weighted by Gasteiger charge is -2.26. The summed E-state index contributed by atoms with van der Waals surface area (Å²) in [6, 6.07) is 6.35. The zero-order chi connectivity index (χ0) is 14.7. The zero-order valence-electron chi connectivity index (χ0n) is 12.5. The lowest BCUT2D eigenvalue weighted by atomic mass is 10.1. The van der Waals surface area contributed by atoms with Crippen LogP contribution in [0.4, 0.5) is 0 Å². The number of hydrogen-bond acceptors (Lipinski definition) is 2. The van der Waals surface area contributed by atoms with Crippen molar-refractivity contribution >= 4 is 21.8 Å². The van der Waals surface area contributed by atoms with E-state index in [1.54, 1.807) is 0 Å². The highest BCUT2D eigenvalue weighted by atomic mass is 79.9. The number of benzene rings is 1. The van der Waals surface area contributed by atoms with Gasteiger partial charge in [-0.2, -0.15) is 0 Å². The first-order chi connectivity index (χ1) is 9.56. The molecule has 1 unspecified atom stereocenters. The van der Waals surface area contributed by atoms with E-state index in [-0.39, 0.29) is 5.91 Å². The predicted octanol–water partition coefficient (Wildman–Crippen LogP) is 3.31. The quantitative estimate of drug-likeness (QED) is 0.840. The van der Waals surface area contributed by atoms with Crippen molar-refractivity contribution in [2.24, 2.45) is 0 Å². The first-order valence-corrected chi connectivity index (χ1v) is 8.15. The molecule has 1 amide bonds. The number of hydrogen-bond donors (Lipinski definition) is 0. The first kappa shape index (κ1) is 15.5. The van der Waals surface area contributed by atoms with Crippen LogP contribution in [0.15, 0.2) is 22.7 Å². The molecule has 0 aliphatic carbocycles. The average molecular weight is 339 g/mol. The first-order valence-electron chi connectivity index (χ1n) is 7.36. The number of aryl methyl sites for hydroxylation is 1. The summed E-state index contributed by atoms with van der Waals surface area (Å²) in [5, 5.41) is 0. The van der Waals surface area contributed by atoms with E-state index in [1.807, 2.05) is 30.0 Å². The fourth-order valence-electron chi connectivity index (χ4n) is 2.92. The maximum Gasteiger partial charge on any atom is 0.253 e. The Bertz CT molecular complexity index is 485. The van der Waals surface area contributed by atoms with Crippen molar-refractivity contribution in [1.82, 2.24) is 9.80 Å². The van der Waals surface area contributed by atoms with E-state index >= 15 is 0 Å². The Morgan fingerprint density at radius 1 is 1.40 bits per heavy atom. The summed E-state index contributed by atoms with van der Waals surface area (Å²) >= 11 is 3.48. The Labute approximate surface area is 130 Å². The Balaban J connectivity index is 2.05. The van der Waals surface area contributed by atoms with Gasteiger partial charge in [0.2, 0.25) is 0 Å². The summed E-state index contributed by atoms with van der Waals surface area (Å²) in [6.07, 6.45) is 1.09. The van der Waals surface area contributed by atoms with Gasteiger partial charge in [-0.3, -0.25) is 9.69 Å². The van der Waals surface area contributed by atoms with Crippen molar-refractivity contribution in [3.8, 4) is 0 Å². The van der Waals surface area contributed by atoms with Crippen molar-refractivity contribution < 1.29 is 4.79 Å². The standard InChI is InChI=1S/C16H23BrN2O/c1-4-18(5-2)14-8-9-19(11-14)16(20)13-6-7-15(17)12(3)10-13/h6-7,10,14H,4-5,8-9,11H2,1-3H3. The van der Waals surface area contributed by atoms with E-state index in [0.29, 0.717) is 6.04 Å². The van der Waals surface area contributed by atoms with Crippen LogP contribution in [0.3, 0.4) is 0 Å². The number of likely N-dealkylation sites (N-methyl/N-ethyl adjacent to an activating group) is 1. The van der Waals surface area contributed by atoms with E-state index < -0.39 is 0 Å². The van der Waals surface area contributed by atoms with Crippen LogP contribution >= 0.6 is 15.9 Å². The number of rotatable bonds is 4. The van der Waals surface area contributed by atoms with Crippen LogP contribution in [0.25, 0.3) is 0 Å². The number of amides is 1. The van der Waals surface area contributed by atoms with E-state index in [9.17, 15) is 4.79 Å². The largest absolute Gasteiger partial charge is 0.337 e. The monoisotopic (exact) mass is 338 g/mol. The molecule has 3 nitrogen and oxygen atoms in total. The van der Waals surface area contributed by atoms with Gasteiger partial charge in [0.1, 0.15) is 0 Å². The number of halogens is 1. The van der Waals surface area contributed by atoms with Crippen LogP contribution in [0.2, 0.25) is 0 Å². The van der Waals surface area contributed by atoms with Gasteiger partial charge in [0, 0.05) is 29.2 Å². The highest BCUT2D eigenvalue weighted by Gasteiger charge is 2.29. The van der Waals surface area contributed by atoms with Gasteiger partial charge in [0.15, 0.2) is 0 Å². The van der Waals surface area contributed by atoms with Gasteiger partial charge >= 0.3 is 0 Å². The number of nitrogens with zero attached hydrogens (tertiary/aromatic N) is 2. The van der Waals surface area contributed by atoms with Gasteiger partial charge in [0.05, 0.1) is 0 Å². The predicted molar refractivity (Wildman–Crippen MR) is 86.1 cm³/mol. The Hall–Kier alpha value is -0.870. The van der Waals surface area contributed by atoms with Gasteiger partial charge in [-0.1, -0.05) is 29.8 Å². The Kier molecular flexibility index (Phi) is 5.22. The zero-order valence-corrected chi connectivity index (χ0v) is 14.1. The molecule has 0 spiro atoms. The summed E-state index contributed by atoms with van der Waals surface area (Å²) in [5.74, 6) is 0.162. The molecule has 1 saturated heterocycles. The third-order valence-corrected chi connectivity index (χ3v) is 5.07. The van der Waals surface area contributed by atoms with Gasteiger partial charge in [-0.25, -0.2) is 0 Å². The van der Waals surface area contributed by atoms with Crippen LogP contribution in [0.5, 0.6) is 0 Å². The van der Waals surface area contributed by atoms with Crippen molar-refractivity contribution in [2.45, 2.75) is 33.2 Å². The van der Waals surface area contributed by atoms with Gasteiger partial charge in [-0.05, 0) is 50.2 Å². The number of carbonyl (C=O) groups excluding carboxylic acids is 1. The Morgan fingerprint density at radius 3 is 2.70 bits per heavy atom. The van der Waals surface area contributed by atoms with Crippen LogP contribution in [-0.4, -0.2) is 47.9 Å². The summed E-state index contributed by atoms with van der Waals surface area (Å²) in [6.45, 7) is 10.2. The van der Waals surface area contributed by atoms with Crippen LogP contribution in [0.1, 0.15) is 36.2 Å². The fraction of sp³-hybridized carbons (Fsp3) is 0.562. The van der Waals surface area contributed by atoms with Crippen molar-refractivity contribution in [2.75, 3.05) is 26.2 Å². The molecule has 0 N–H and O–H groups in total. The van der Waals surface area contributed by atoms with E-state index in [0.717, 1.165) is 48.2 Å². The molecule has 1 atom stereocenters. The Morgan fingerprint density at radius 2 is 2.10 bits per heavy atom. The second kappa shape index (κ2) is 6.72. The third-order valence-electron chi connectivity index (χ3n) is 4.18. The lowest BCUT2D eigenvalue weighted by molar-refractivity contribution is 0.0778. The van der Waals surface area contributed by atoms with E-state index in [4.69, 9.17) is 0 Å². The third kappa shape index (κ3) is 3.23. The maximum atomic E-state index is 12.5. The van der Waals surface area contributed by atoms with Crippen LogP contribution in [0, 0.1) is 6.92 Å². The van der Waals surface area contributed by atoms with Gasteiger partial charge < -0.3 is 4.90 Å². The molecule has 1 heterocycles. The molecular formula is C16H23BrN2O. The minimum atomic E-state index is 0.162. The topological polar surface area (TPSA) is 23.6 Å². The molecule has 1 fully saturated rings. The minimum absolute atomic E-state index is 0.162. The molecule has 1 aromatic carbocycles. The summed E-state index contributed by atoms with van der Waals surface area (Å²) < 4.78 is 1.05. The molecule has 1 aromatic rings. The van der Waals surface area contributed by atoms with E-state index in [1.165, 1.54) is 0 Å². The lowest BCUT2D eigenvalue weighted by Crippen LogP contribution is -2.38. The molecule has 0 radical (unpaired) electrons. The second-order valence-corrected chi connectivity index (χ2v) is 6.23. The smallest absolute Gasteiger partial charge is 0.253 e.